The van der Waals surface area contributed by atoms with Gasteiger partial charge in [-0.15, -0.1) is 0 Å². The molecule has 1 amide bonds. The van der Waals surface area contributed by atoms with Crippen molar-refractivity contribution in [2.75, 3.05) is 20.2 Å². The molecule has 0 heterocycles. The zero-order valence-electron chi connectivity index (χ0n) is 13.4. The maximum atomic E-state index is 12.5. The lowest BCUT2D eigenvalue weighted by Gasteiger charge is -2.20. The van der Waals surface area contributed by atoms with Crippen molar-refractivity contribution < 1.29 is 19.4 Å². The largest absolute Gasteiger partial charge is 0.497 e. The number of hydrogen-bond donors (Lipinski definition) is 1. The summed E-state index contributed by atoms with van der Waals surface area (Å²) in [6.45, 7) is 2.10. The summed E-state index contributed by atoms with van der Waals surface area (Å²) >= 11 is 0. The van der Waals surface area contributed by atoms with Crippen LogP contribution in [-0.4, -0.2) is 42.1 Å². The van der Waals surface area contributed by atoms with Crippen molar-refractivity contribution in [3.8, 4) is 5.75 Å². The number of fused-ring (bicyclic) bond motifs is 1. The number of ether oxygens (including phenoxy) is 1. The van der Waals surface area contributed by atoms with Crippen LogP contribution in [0.25, 0.3) is 10.8 Å². The molecule has 2 aromatic carbocycles. The summed E-state index contributed by atoms with van der Waals surface area (Å²) in [5, 5.41) is 10.9. The van der Waals surface area contributed by atoms with E-state index in [9.17, 15) is 9.59 Å². The van der Waals surface area contributed by atoms with Crippen molar-refractivity contribution in [2.24, 2.45) is 0 Å². The van der Waals surface area contributed by atoms with Gasteiger partial charge in [-0.25, -0.2) is 0 Å². The summed E-state index contributed by atoms with van der Waals surface area (Å²) < 4.78 is 5.25. The normalized spacial score (nSPS) is 10.5. The lowest BCUT2D eigenvalue weighted by molar-refractivity contribution is -0.144. The molecule has 1 N–H and O–H groups in total. The number of carboxylic acids is 1. The van der Waals surface area contributed by atoms with Gasteiger partial charge in [0.15, 0.2) is 0 Å². The predicted octanol–water partition coefficient (Wildman–Crippen LogP) is 2.71. The Morgan fingerprint density at radius 1 is 1.22 bits per heavy atom. The molecule has 0 saturated heterocycles. The highest BCUT2D eigenvalue weighted by Gasteiger charge is 2.17. The maximum Gasteiger partial charge on any atom is 0.323 e. The molecule has 5 nitrogen and oxygen atoms in total. The molecule has 0 saturated carbocycles. The molecule has 0 aliphatic carbocycles. The van der Waals surface area contributed by atoms with E-state index in [1.54, 1.807) is 7.11 Å². The van der Waals surface area contributed by atoms with E-state index in [2.05, 4.69) is 0 Å². The zero-order chi connectivity index (χ0) is 16.8. The molecule has 0 atom stereocenters. The first-order valence-corrected chi connectivity index (χ1v) is 7.60. The number of carbonyl (C=O) groups excluding carboxylic acids is 1. The van der Waals surface area contributed by atoms with Crippen LogP contribution < -0.4 is 4.74 Å². The number of aliphatic carboxylic acids is 1. The lowest BCUT2D eigenvalue weighted by Crippen LogP contribution is -2.37. The third-order valence-electron chi connectivity index (χ3n) is 3.69. The second kappa shape index (κ2) is 7.63. The van der Waals surface area contributed by atoms with Crippen LogP contribution in [0.1, 0.15) is 18.9 Å². The van der Waals surface area contributed by atoms with Crippen LogP contribution >= 0.6 is 0 Å². The van der Waals surface area contributed by atoms with Gasteiger partial charge in [-0.3, -0.25) is 9.59 Å². The minimum Gasteiger partial charge on any atom is -0.497 e. The van der Waals surface area contributed by atoms with Crippen molar-refractivity contribution in [2.45, 2.75) is 19.8 Å². The van der Waals surface area contributed by atoms with Crippen LogP contribution in [0.15, 0.2) is 36.4 Å². The van der Waals surface area contributed by atoms with Gasteiger partial charge >= 0.3 is 5.97 Å². The SMILES string of the molecule is CCCN(CC(=O)O)C(=O)Cc1cccc2ccc(OC)cc12. The van der Waals surface area contributed by atoms with Gasteiger partial charge in [-0.2, -0.15) is 0 Å². The Balaban J connectivity index is 2.29. The van der Waals surface area contributed by atoms with Gasteiger partial charge in [-0.1, -0.05) is 31.2 Å². The number of carbonyl (C=O) groups is 2. The molecule has 2 rings (SSSR count). The number of benzene rings is 2. The van der Waals surface area contributed by atoms with E-state index in [1.807, 2.05) is 43.3 Å². The molecule has 0 aliphatic heterocycles. The molecule has 0 aliphatic rings. The Kier molecular flexibility index (Phi) is 5.57. The molecule has 0 spiro atoms. The fourth-order valence-electron chi connectivity index (χ4n) is 2.60. The van der Waals surface area contributed by atoms with E-state index in [0.29, 0.717) is 6.54 Å². The Morgan fingerprint density at radius 3 is 2.65 bits per heavy atom. The van der Waals surface area contributed by atoms with Gasteiger partial charge in [-0.05, 0) is 34.9 Å². The van der Waals surface area contributed by atoms with Gasteiger partial charge in [0.1, 0.15) is 12.3 Å². The van der Waals surface area contributed by atoms with Crippen molar-refractivity contribution >= 4 is 22.6 Å². The Bertz CT molecular complexity index is 711. The average Bonchev–Trinajstić information content (AvgIpc) is 2.54. The van der Waals surface area contributed by atoms with Crippen LogP contribution in [0.4, 0.5) is 0 Å². The van der Waals surface area contributed by atoms with Crippen molar-refractivity contribution in [3.05, 3.63) is 42.0 Å². The minimum absolute atomic E-state index is 0.176. The molecule has 2 aromatic rings. The standard InChI is InChI=1S/C18H21NO4/c1-3-9-19(12-18(21)22)17(20)10-14-6-4-5-13-7-8-15(23-2)11-16(13)14/h4-8,11H,3,9-10,12H2,1-2H3,(H,21,22). The Labute approximate surface area is 135 Å². The first-order chi connectivity index (χ1) is 11.0. The molecule has 0 bridgehead atoms. The monoisotopic (exact) mass is 315 g/mol. The molecule has 0 fully saturated rings. The third-order valence-corrected chi connectivity index (χ3v) is 3.69. The van der Waals surface area contributed by atoms with E-state index >= 15 is 0 Å². The highest BCUT2D eigenvalue weighted by atomic mass is 16.5. The molecule has 23 heavy (non-hydrogen) atoms. The predicted molar refractivity (Wildman–Crippen MR) is 88.7 cm³/mol. The fourth-order valence-corrected chi connectivity index (χ4v) is 2.60. The van der Waals surface area contributed by atoms with E-state index in [0.717, 1.165) is 28.5 Å². The lowest BCUT2D eigenvalue weighted by atomic mass is 10.0. The highest BCUT2D eigenvalue weighted by molar-refractivity contribution is 5.91. The zero-order valence-corrected chi connectivity index (χ0v) is 13.4. The van der Waals surface area contributed by atoms with E-state index < -0.39 is 5.97 Å². The van der Waals surface area contributed by atoms with Crippen LogP contribution in [0.2, 0.25) is 0 Å². The summed E-state index contributed by atoms with van der Waals surface area (Å²) in [6, 6.07) is 11.5. The fraction of sp³-hybridized carbons (Fsp3) is 0.333. The van der Waals surface area contributed by atoms with Crippen LogP contribution in [-0.2, 0) is 16.0 Å². The molecular formula is C18H21NO4. The maximum absolute atomic E-state index is 12.5. The Hall–Kier alpha value is -2.56. The van der Waals surface area contributed by atoms with Crippen LogP contribution in [0.3, 0.4) is 0 Å². The molecular weight excluding hydrogens is 294 g/mol. The number of rotatable bonds is 7. The van der Waals surface area contributed by atoms with Crippen molar-refractivity contribution in [1.82, 2.24) is 4.90 Å². The number of amides is 1. The average molecular weight is 315 g/mol. The van der Waals surface area contributed by atoms with Crippen LogP contribution in [0.5, 0.6) is 5.75 Å². The van der Waals surface area contributed by atoms with Gasteiger partial charge in [0.05, 0.1) is 13.5 Å². The van der Waals surface area contributed by atoms with Crippen molar-refractivity contribution in [1.29, 1.82) is 0 Å². The van der Waals surface area contributed by atoms with Crippen LogP contribution in [0, 0.1) is 0 Å². The summed E-state index contributed by atoms with van der Waals surface area (Å²) in [7, 11) is 1.60. The molecule has 0 unspecified atom stereocenters. The van der Waals surface area contributed by atoms with E-state index in [-0.39, 0.29) is 18.9 Å². The topological polar surface area (TPSA) is 66.8 Å². The Morgan fingerprint density at radius 2 is 2.00 bits per heavy atom. The summed E-state index contributed by atoms with van der Waals surface area (Å²) in [5.41, 5.74) is 0.873. The third kappa shape index (κ3) is 4.22. The minimum atomic E-state index is -0.994. The molecule has 0 radical (unpaired) electrons. The number of carboxylic acid groups (broad SMARTS) is 1. The van der Waals surface area contributed by atoms with Crippen molar-refractivity contribution in [3.63, 3.8) is 0 Å². The van der Waals surface area contributed by atoms with Gasteiger partial charge in [0.2, 0.25) is 5.91 Å². The summed E-state index contributed by atoms with van der Waals surface area (Å²) in [6.07, 6.45) is 0.903. The first-order valence-electron chi connectivity index (χ1n) is 7.60. The van der Waals surface area contributed by atoms with Gasteiger partial charge < -0.3 is 14.7 Å². The second-order valence-electron chi connectivity index (χ2n) is 5.39. The molecule has 5 heteroatoms. The number of nitrogens with zero attached hydrogens (tertiary/aromatic N) is 1. The molecule has 122 valence electrons. The molecule has 0 aromatic heterocycles. The summed E-state index contributed by atoms with van der Waals surface area (Å²) in [4.78, 5) is 24.8. The number of methoxy groups -OCH3 is 1. The van der Waals surface area contributed by atoms with Gasteiger partial charge in [0, 0.05) is 6.54 Å². The smallest absolute Gasteiger partial charge is 0.323 e. The van der Waals surface area contributed by atoms with Gasteiger partial charge in [0.25, 0.3) is 0 Å². The quantitative estimate of drug-likeness (QED) is 0.853. The number of hydrogen-bond acceptors (Lipinski definition) is 3. The van der Waals surface area contributed by atoms with E-state index in [1.165, 1.54) is 4.90 Å². The van der Waals surface area contributed by atoms with E-state index in [4.69, 9.17) is 9.84 Å². The highest BCUT2D eigenvalue weighted by Crippen LogP contribution is 2.24. The summed E-state index contributed by atoms with van der Waals surface area (Å²) in [5.74, 6) is -0.440. The first kappa shape index (κ1) is 16.8. The second-order valence-corrected chi connectivity index (χ2v) is 5.39.